The van der Waals surface area contributed by atoms with E-state index in [0.717, 1.165) is 29.1 Å². The summed E-state index contributed by atoms with van der Waals surface area (Å²) in [4.78, 5) is 0. The second kappa shape index (κ2) is 7.16. The number of fused-ring (bicyclic) bond motifs is 1. The molecule has 0 fully saturated rings. The highest BCUT2D eigenvalue weighted by Gasteiger charge is 2.23. The van der Waals surface area contributed by atoms with Gasteiger partial charge >= 0.3 is 0 Å². The van der Waals surface area contributed by atoms with Crippen LogP contribution in [0, 0.1) is 6.92 Å². The molecule has 3 N–H and O–H groups in total. The van der Waals surface area contributed by atoms with Crippen LogP contribution in [-0.4, -0.2) is 20.3 Å². The van der Waals surface area contributed by atoms with Crippen molar-refractivity contribution in [3.63, 3.8) is 0 Å². The zero-order chi connectivity index (χ0) is 17.1. The highest BCUT2D eigenvalue weighted by atomic mass is 35.5. The van der Waals surface area contributed by atoms with Gasteiger partial charge in [-0.15, -0.1) is 0 Å². The van der Waals surface area contributed by atoms with Gasteiger partial charge in [-0.1, -0.05) is 29.8 Å². The quantitative estimate of drug-likeness (QED) is 0.870. The Bertz CT molecular complexity index is 787. The topological polar surface area (TPSA) is 56.5 Å². The lowest BCUT2D eigenvalue weighted by Gasteiger charge is -2.27. The van der Waals surface area contributed by atoms with Gasteiger partial charge in [-0.2, -0.15) is 0 Å². The van der Waals surface area contributed by atoms with Crippen LogP contribution in [0.2, 0.25) is 5.02 Å². The molecule has 0 saturated heterocycles. The number of benzene rings is 2. The van der Waals surface area contributed by atoms with Gasteiger partial charge in [0, 0.05) is 24.2 Å². The fourth-order valence-electron chi connectivity index (χ4n) is 2.95. The van der Waals surface area contributed by atoms with Crippen LogP contribution in [0.1, 0.15) is 22.3 Å². The number of hydrogen-bond acceptors (Lipinski definition) is 4. The number of ether oxygens (including phenoxy) is 2. The van der Waals surface area contributed by atoms with E-state index in [9.17, 15) is 0 Å². The van der Waals surface area contributed by atoms with E-state index in [2.05, 4.69) is 30.4 Å². The molecule has 1 aliphatic heterocycles. The lowest BCUT2D eigenvalue weighted by atomic mass is 9.94. The number of halogens is 1. The summed E-state index contributed by atoms with van der Waals surface area (Å²) in [6, 6.07) is 12.0. The highest BCUT2D eigenvalue weighted by Crippen LogP contribution is 2.36. The summed E-state index contributed by atoms with van der Waals surface area (Å²) in [5, 5.41) is 4.02. The Morgan fingerprint density at radius 3 is 2.79 bits per heavy atom. The van der Waals surface area contributed by atoms with Crippen LogP contribution in [0.5, 0.6) is 5.75 Å². The molecule has 0 bridgehead atoms. The number of hydrogen-bond donors (Lipinski definition) is 2. The van der Waals surface area contributed by atoms with Crippen molar-refractivity contribution in [1.82, 2.24) is 5.32 Å². The molecule has 0 atom stereocenters. The summed E-state index contributed by atoms with van der Waals surface area (Å²) >= 11 is 6.30. The minimum Gasteiger partial charge on any atom is -0.495 e. The molecule has 5 heteroatoms. The van der Waals surface area contributed by atoms with Gasteiger partial charge < -0.3 is 20.5 Å². The molecule has 24 heavy (non-hydrogen) atoms. The van der Waals surface area contributed by atoms with E-state index < -0.39 is 0 Å². The number of aryl methyl sites for hydroxylation is 1. The smallest absolute Gasteiger partial charge is 0.150 e. The standard InChI is InChI=1S/C19H21ClN2O2/c1-12-4-3-5-14-11-22-18(19(17(12)14)24-9-8-21)13-6-7-16(23-2)15(20)10-13/h3-7,10,22H,8-9,11,21H2,1-2H3. The largest absolute Gasteiger partial charge is 0.495 e. The Morgan fingerprint density at radius 1 is 1.25 bits per heavy atom. The number of nitrogens with two attached hydrogens (primary N) is 1. The highest BCUT2D eigenvalue weighted by molar-refractivity contribution is 6.32. The van der Waals surface area contributed by atoms with Crippen molar-refractivity contribution in [2.24, 2.45) is 5.73 Å². The summed E-state index contributed by atoms with van der Waals surface area (Å²) in [6.07, 6.45) is 0. The predicted octanol–water partition coefficient (Wildman–Crippen LogP) is 3.56. The number of rotatable bonds is 5. The lowest BCUT2D eigenvalue weighted by molar-refractivity contribution is 0.285. The molecule has 0 aromatic heterocycles. The van der Waals surface area contributed by atoms with Crippen molar-refractivity contribution >= 4 is 23.1 Å². The van der Waals surface area contributed by atoms with Crippen LogP contribution in [0.15, 0.2) is 36.4 Å². The molecule has 4 nitrogen and oxygen atoms in total. The van der Waals surface area contributed by atoms with Crippen molar-refractivity contribution in [2.75, 3.05) is 20.3 Å². The Hall–Kier alpha value is -2.17. The van der Waals surface area contributed by atoms with Crippen LogP contribution in [0.25, 0.3) is 11.5 Å². The molecule has 2 aromatic carbocycles. The van der Waals surface area contributed by atoms with Gasteiger partial charge in [0.2, 0.25) is 0 Å². The van der Waals surface area contributed by atoms with Gasteiger partial charge in [-0.3, -0.25) is 0 Å². The van der Waals surface area contributed by atoms with Crippen LogP contribution in [0.4, 0.5) is 0 Å². The summed E-state index contributed by atoms with van der Waals surface area (Å²) in [6.45, 7) is 3.75. The van der Waals surface area contributed by atoms with Crippen LogP contribution < -0.4 is 15.8 Å². The maximum atomic E-state index is 6.30. The fourth-order valence-corrected chi connectivity index (χ4v) is 3.21. The third kappa shape index (κ3) is 3.07. The Kier molecular flexibility index (Phi) is 4.97. The third-order valence-electron chi connectivity index (χ3n) is 4.07. The molecule has 0 aliphatic carbocycles. The second-order valence-corrected chi connectivity index (χ2v) is 6.06. The number of methoxy groups -OCH3 is 1. The van der Waals surface area contributed by atoms with Gasteiger partial charge in [0.1, 0.15) is 12.4 Å². The van der Waals surface area contributed by atoms with Crippen molar-refractivity contribution in [3.05, 3.63) is 63.7 Å². The van der Waals surface area contributed by atoms with Crippen LogP contribution in [-0.2, 0) is 11.3 Å². The van der Waals surface area contributed by atoms with E-state index in [1.165, 1.54) is 11.1 Å². The van der Waals surface area contributed by atoms with E-state index in [-0.39, 0.29) is 0 Å². The van der Waals surface area contributed by atoms with E-state index in [1.54, 1.807) is 7.11 Å². The second-order valence-electron chi connectivity index (χ2n) is 5.65. The van der Waals surface area contributed by atoms with Gasteiger partial charge in [-0.25, -0.2) is 0 Å². The average molecular weight is 345 g/mol. The van der Waals surface area contributed by atoms with E-state index in [4.69, 9.17) is 26.8 Å². The number of nitrogens with one attached hydrogen (secondary N) is 1. The molecule has 0 saturated carbocycles. The minimum absolute atomic E-state index is 0.457. The van der Waals surface area contributed by atoms with Crippen molar-refractivity contribution in [3.8, 4) is 5.75 Å². The minimum atomic E-state index is 0.457. The van der Waals surface area contributed by atoms with Crippen LogP contribution in [0.3, 0.4) is 0 Å². The third-order valence-corrected chi connectivity index (χ3v) is 4.37. The summed E-state index contributed by atoms with van der Waals surface area (Å²) in [7, 11) is 1.61. The molecule has 126 valence electrons. The van der Waals surface area contributed by atoms with Crippen molar-refractivity contribution in [1.29, 1.82) is 0 Å². The molecule has 1 heterocycles. The van der Waals surface area contributed by atoms with E-state index in [0.29, 0.717) is 23.9 Å². The van der Waals surface area contributed by atoms with Crippen LogP contribution >= 0.6 is 11.6 Å². The molecule has 3 rings (SSSR count). The SMILES string of the molecule is COc1ccc(C2=C(OCCN)c3c(C)cccc3CN2)cc1Cl. The molecule has 1 aliphatic rings. The molecule has 2 aromatic rings. The Balaban J connectivity index is 2.14. The zero-order valence-electron chi connectivity index (χ0n) is 13.9. The van der Waals surface area contributed by atoms with Gasteiger partial charge in [0.25, 0.3) is 0 Å². The zero-order valence-corrected chi connectivity index (χ0v) is 14.6. The molecule has 0 spiro atoms. The summed E-state index contributed by atoms with van der Waals surface area (Å²) in [5.41, 5.74) is 11.1. The Labute approximate surface area is 147 Å². The van der Waals surface area contributed by atoms with Gasteiger partial charge in [0.15, 0.2) is 5.76 Å². The molecule has 0 unspecified atom stereocenters. The normalized spacial score (nSPS) is 13.3. The van der Waals surface area contributed by atoms with E-state index >= 15 is 0 Å². The first-order chi connectivity index (χ1) is 11.7. The predicted molar refractivity (Wildman–Crippen MR) is 97.8 cm³/mol. The molecule has 0 radical (unpaired) electrons. The Morgan fingerprint density at radius 2 is 2.08 bits per heavy atom. The summed E-state index contributed by atoms with van der Waals surface area (Å²) in [5.74, 6) is 1.47. The molecular weight excluding hydrogens is 324 g/mol. The maximum absolute atomic E-state index is 6.30. The van der Waals surface area contributed by atoms with E-state index in [1.807, 2.05) is 18.2 Å². The van der Waals surface area contributed by atoms with Crippen molar-refractivity contribution < 1.29 is 9.47 Å². The first-order valence-corrected chi connectivity index (χ1v) is 8.27. The summed E-state index contributed by atoms with van der Waals surface area (Å²) < 4.78 is 11.3. The van der Waals surface area contributed by atoms with Gasteiger partial charge in [0.05, 0.1) is 17.8 Å². The van der Waals surface area contributed by atoms with Crippen molar-refractivity contribution in [2.45, 2.75) is 13.5 Å². The fraction of sp³-hybridized carbons (Fsp3) is 0.263. The average Bonchev–Trinajstić information content (AvgIpc) is 2.59. The molecular formula is C19H21ClN2O2. The lowest BCUT2D eigenvalue weighted by Crippen LogP contribution is -2.23. The maximum Gasteiger partial charge on any atom is 0.150 e. The molecule has 0 amide bonds. The van der Waals surface area contributed by atoms with Gasteiger partial charge in [-0.05, 0) is 36.2 Å². The monoisotopic (exact) mass is 344 g/mol. The first-order valence-electron chi connectivity index (χ1n) is 7.89. The first kappa shape index (κ1) is 16.7.